The lowest BCUT2D eigenvalue weighted by Crippen LogP contribution is -2.34. The van der Waals surface area contributed by atoms with Crippen molar-refractivity contribution in [3.63, 3.8) is 0 Å². The Balaban J connectivity index is 1.86. The zero-order valence-corrected chi connectivity index (χ0v) is 17.8. The van der Waals surface area contributed by atoms with Crippen molar-refractivity contribution in [1.29, 1.82) is 5.41 Å². The largest absolute Gasteiger partial charge is 0.507 e. The summed E-state index contributed by atoms with van der Waals surface area (Å²) in [6, 6.07) is 11.6. The maximum Gasteiger partial charge on any atom is 0.419 e. The number of phenolic OH excluding ortho intramolecular Hbond substituents is 1. The van der Waals surface area contributed by atoms with Crippen LogP contribution in [0.15, 0.2) is 67.5 Å². The number of aromatic hydroxyl groups is 1. The molecule has 0 aliphatic carbocycles. The first-order valence-corrected chi connectivity index (χ1v) is 9.96. The van der Waals surface area contributed by atoms with Gasteiger partial charge < -0.3 is 21.1 Å². The van der Waals surface area contributed by atoms with Gasteiger partial charge in [0.2, 0.25) is 5.91 Å². The molecule has 0 atom stereocenters. The van der Waals surface area contributed by atoms with Gasteiger partial charge >= 0.3 is 6.18 Å². The van der Waals surface area contributed by atoms with E-state index in [1.165, 1.54) is 17.0 Å². The number of hydrogen-bond acceptors (Lipinski definition) is 7. The first-order valence-electron chi connectivity index (χ1n) is 9.96. The molecule has 0 bridgehead atoms. The Labute approximate surface area is 193 Å². The lowest BCUT2D eigenvalue weighted by Gasteiger charge is -2.22. The fourth-order valence-corrected chi connectivity index (χ4v) is 3.21. The summed E-state index contributed by atoms with van der Waals surface area (Å²) in [7, 11) is 0. The molecule has 3 aromatic rings. The number of para-hydroxylation sites is 1. The normalized spacial score (nSPS) is 11.0. The Morgan fingerprint density at radius 2 is 1.91 bits per heavy atom. The van der Waals surface area contributed by atoms with E-state index in [1.807, 2.05) is 6.07 Å². The fraction of sp³-hybridized carbons (Fsp3) is 0.130. The Morgan fingerprint density at radius 1 is 1.21 bits per heavy atom. The van der Waals surface area contributed by atoms with E-state index in [0.717, 1.165) is 12.4 Å². The van der Waals surface area contributed by atoms with Crippen LogP contribution in [0.25, 0.3) is 0 Å². The van der Waals surface area contributed by atoms with E-state index in [0.29, 0.717) is 11.8 Å². The van der Waals surface area contributed by atoms with Crippen molar-refractivity contribution in [1.82, 2.24) is 9.97 Å². The van der Waals surface area contributed by atoms with Crippen LogP contribution in [-0.4, -0.2) is 39.8 Å². The van der Waals surface area contributed by atoms with Crippen LogP contribution in [0.4, 0.5) is 30.5 Å². The molecular weight excluding hydrogens is 449 g/mol. The van der Waals surface area contributed by atoms with Gasteiger partial charge in [0, 0.05) is 24.3 Å². The summed E-state index contributed by atoms with van der Waals surface area (Å²) in [5.41, 5.74) is 4.78. The molecule has 3 rings (SSSR count). The zero-order chi connectivity index (χ0) is 24.9. The average Bonchev–Trinajstić information content (AvgIpc) is 2.81. The molecule has 0 aliphatic heterocycles. The van der Waals surface area contributed by atoms with E-state index in [9.17, 15) is 23.1 Å². The van der Waals surface area contributed by atoms with Crippen LogP contribution in [-0.2, 0) is 11.0 Å². The molecule has 0 spiro atoms. The van der Waals surface area contributed by atoms with Crippen molar-refractivity contribution in [3.8, 4) is 5.75 Å². The minimum absolute atomic E-state index is 0.0115. The molecule has 1 amide bonds. The second-order valence-electron chi connectivity index (χ2n) is 7.04. The number of alkyl halides is 3. The van der Waals surface area contributed by atoms with Gasteiger partial charge in [0.15, 0.2) is 0 Å². The van der Waals surface area contributed by atoms with Gasteiger partial charge in [-0.1, -0.05) is 24.8 Å². The number of halogens is 3. The summed E-state index contributed by atoms with van der Waals surface area (Å²) in [6.45, 7) is 3.88. The number of nitrogens with zero attached hydrogens (tertiary/aromatic N) is 3. The van der Waals surface area contributed by atoms with Gasteiger partial charge in [0.1, 0.15) is 23.7 Å². The van der Waals surface area contributed by atoms with Crippen LogP contribution in [0.1, 0.15) is 16.7 Å². The predicted octanol–water partition coefficient (Wildman–Crippen LogP) is 3.83. The summed E-state index contributed by atoms with van der Waals surface area (Å²) in [5, 5.41) is 21.0. The molecule has 0 radical (unpaired) electrons. The van der Waals surface area contributed by atoms with Crippen LogP contribution in [0.5, 0.6) is 5.75 Å². The SMILES string of the molecule is C=CC(=O)N(CCNc1ncnc(N)c1C(=N)c1ccc(O)c(C(F)(F)F)c1)c1ccccc1. The molecule has 0 unspecified atom stereocenters. The topological polar surface area (TPSA) is 128 Å². The highest BCUT2D eigenvalue weighted by molar-refractivity contribution is 6.16. The van der Waals surface area contributed by atoms with Crippen LogP contribution >= 0.6 is 0 Å². The fourth-order valence-electron chi connectivity index (χ4n) is 3.21. The Hall–Kier alpha value is -4.41. The first kappa shape index (κ1) is 24.2. The Morgan fingerprint density at radius 3 is 2.56 bits per heavy atom. The third-order valence-electron chi connectivity index (χ3n) is 4.85. The van der Waals surface area contributed by atoms with Crippen molar-refractivity contribution < 1.29 is 23.1 Å². The number of anilines is 3. The molecule has 0 fully saturated rings. The number of carbonyl (C=O) groups excluding carboxylic acids is 1. The summed E-state index contributed by atoms with van der Waals surface area (Å²) in [5.74, 6) is -1.29. The molecule has 34 heavy (non-hydrogen) atoms. The van der Waals surface area contributed by atoms with Crippen molar-refractivity contribution in [3.05, 3.63) is 84.2 Å². The third-order valence-corrected chi connectivity index (χ3v) is 4.85. The molecule has 0 aliphatic rings. The number of aromatic nitrogens is 2. The quantitative estimate of drug-likeness (QED) is 0.293. The Kier molecular flexibility index (Phi) is 7.15. The van der Waals surface area contributed by atoms with E-state index in [4.69, 9.17) is 11.1 Å². The van der Waals surface area contributed by atoms with Crippen LogP contribution < -0.4 is 16.0 Å². The van der Waals surface area contributed by atoms with Crippen molar-refractivity contribution in [2.24, 2.45) is 0 Å². The number of amides is 1. The summed E-state index contributed by atoms with van der Waals surface area (Å²) >= 11 is 0. The van der Waals surface area contributed by atoms with Gasteiger partial charge in [-0.05, 0) is 36.4 Å². The molecule has 176 valence electrons. The molecule has 0 saturated heterocycles. The van der Waals surface area contributed by atoms with Gasteiger partial charge in [0.25, 0.3) is 0 Å². The number of benzene rings is 2. The summed E-state index contributed by atoms with van der Waals surface area (Å²) in [4.78, 5) is 21.7. The molecule has 11 heteroatoms. The smallest absolute Gasteiger partial charge is 0.419 e. The number of rotatable bonds is 8. The summed E-state index contributed by atoms with van der Waals surface area (Å²) < 4.78 is 39.6. The van der Waals surface area contributed by atoms with E-state index in [2.05, 4.69) is 21.9 Å². The van der Waals surface area contributed by atoms with Crippen molar-refractivity contribution >= 4 is 28.9 Å². The van der Waals surface area contributed by atoms with E-state index >= 15 is 0 Å². The van der Waals surface area contributed by atoms with E-state index < -0.39 is 17.5 Å². The maximum atomic E-state index is 13.2. The third kappa shape index (κ3) is 5.31. The second kappa shape index (κ2) is 10.0. The Bertz CT molecular complexity index is 1220. The highest BCUT2D eigenvalue weighted by Crippen LogP contribution is 2.36. The molecule has 1 aromatic heterocycles. The summed E-state index contributed by atoms with van der Waals surface area (Å²) in [6.07, 6.45) is -2.48. The minimum atomic E-state index is -4.81. The predicted molar refractivity (Wildman–Crippen MR) is 123 cm³/mol. The molecular formula is C23H21F3N6O2. The lowest BCUT2D eigenvalue weighted by atomic mass is 10.00. The number of nitrogens with two attached hydrogens (primary N) is 1. The first-order chi connectivity index (χ1) is 16.1. The molecule has 0 saturated carbocycles. The minimum Gasteiger partial charge on any atom is -0.507 e. The van der Waals surface area contributed by atoms with Gasteiger partial charge in [0.05, 0.1) is 16.8 Å². The number of nitrogens with one attached hydrogen (secondary N) is 2. The van der Waals surface area contributed by atoms with Crippen molar-refractivity contribution in [2.75, 3.05) is 29.0 Å². The number of hydrogen-bond donors (Lipinski definition) is 4. The molecule has 2 aromatic carbocycles. The molecule has 8 nitrogen and oxygen atoms in total. The van der Waals surface area contributed by atoms with E-state index in [-0.39, 0.29) is 47.5 Å². The standard InChI is InChI=1S/C23H21F3N6O2/c1-2-18(34)32(15-6-4-3-5-7-15)11-10-29-22-19(21(28)30-13-31-22)20(27)14-8-9-17(33)16(12-14)23(24,25)26/h2-9,12-13,27,33H,1,10-11H2,(H3,28,29,30,31). The number of nitrogen functional groups attached to an aromatic ring is 1. The van der Waals surface area contributed by atoms with E-state index in [1.54, 1.807) is 24.3 Å². The van der Waals surface area contributed by atoms with Crippen molar-refractivity contribution in [2.45, 2.75) is 6.18 Å². The van der Waals surface area contributed by atoms with Crippen LogP contribution in [0, 0.1) is 5.41 Å². The van der Waals surface area contributed by atoms with Gasteiger partial charge in [-0.2, -0.15) is 13.2 Å². The van der Waals surface area contributed by atoms with Gasteiger partial charge in [-0.15, -0.1) is 0 Å². The highest BCUT2D eigenvalue weighted by Gasteiger charge is 2.34. The highest BCUT2D eigenvalue weighted by atomic mass is 19.4. The van der Waals surface area contributed by atoms with Gasteiger partial charge in [-0.3, -0.25) is 10.2 Å². The monoisotopic (exact) mass is 470 g/mol. The van der Waals surface area contributed by atoms with Crippen LogP contribution in [0.3, 0.4) is 0 Å². The second-order valence-corrected chi connectivity index (χ2v) is 7.04. The number of carbonyl (C=O) groups is 1. The lowest BCUT2D eigenvalue weighted by molar-refractivity contribution is -0.138. The number of phenols is 1. The van der Waals surface area contributed by atoms with Gasteiger partial charge in [-0.25, -0.2) is 9.97 Å². The zero-order valence-electron chi connectivity index (χ0n) is 17.8. The molecule has 5 N–H and O–H groups in total. The maximum absolute atomic E-state index is 13.2. The van der Waals surface area contributed by atoms with Crippen LogP contribution in [0.2, 0.25) is 0 Å². The average molecular weight is 470 g/mol. The molecule has 1 heterocycles.